The minimum absolute atomic E-state index is 0.524. The Morgan fingerprint density at radius 3 is 2.62 bits per heavy atom. The Morgan fingerprint density at radius 1 is 1.14 bits per heavy atom. The van der Waals surface area contributed by atoms with Crippen molar-refractivity contribution in [2.24, 2.45) is 0 Å². The molecule has 3 rings (SSSR count). The Morgan fingerprint density at radius 2 is 1.95 bits per heavy atom. The van der Waals surface area contributed by atoms with Gasteiger partial charge in [-0.05, 0) is 31.5 Å². The van der Waals surface area contributed by atoms with Crippen LogP contribution in [0.2, 0.25) is 0 Å². The van der Waals surface area contributed by atoms with Gasteiger partial charge in [-0.2, -0.15) is 5.10 Å². The van der Waals surface area contributed by atoms with Crippen molar-refractivity contribution in [3.05, 3.63) is 53.7 Å². The minimum Gasteiger partial charge on any atom is -0.480 e. The van der Waals surface area contributed by atoms with Crippen LogP contribution in [0.5, 0.6) is 5.88 Å². The van der Waals surface area contributed by atoms with Crippen LogP contribution in [0.3, 0.4) is 0 Å². The van der Waals surface area contributed by atoms with Crippen molar-refractivity contribution in [3.63, 3.8) is 0 Å². The van der Waals surface area contributed by atoms with E-state index in [0.29, 0.717) is 17.8 Å². The summed E-state index contributed by atoms with van der Waals surface area (Å²) in [7, 11) is 1.61. The highest BCUT2D eigenvalue weighted by Crippen LogP contribution is 2.33. The topological polar surface area (TPSA) is 38.2 Å². The molecule has 4 nitrogen and oxygen atoms in total. The summed E-state index contributed by atoms with van der Waals surface area (Å²) in [5.41, 5.74) is 2.43. The zero-order valence-corrected chi connectivity index (χ0v) is 12.6. The smallest absolute Gasteiger partial charge is 0.233 e. The first-order valence-corrected chi connectivity index (χ1v) is 7.43. The number of nitrogens with zero attached hydrogens (tertiary/aromatic N) is 3. The van der Waals surface area contributed by atoms with E-state index in [-0.39, 0.29) is 0 Å². The van der Waals surface area contributed by atoms with Crippen LogP contribution in [0, 0.1) is 0 Å². The van der Waals surface area contributed by atoms with Crippen LogP contribution in [-0.2, 0) is 6.54 Å². The van der Waals surface area contributed by atoms with Crippen LogP contribution in [0.25, 0.3) is 0 Å². The van der Waals surface area contributed by atoms with E-state index in [4.69, 9.17) is 4.74 Å². The van der Waals surface area contributed by atoms with Gasteiger partial charge in [-0.1, -0.05) is 30.3 Å². The third-order valence-corrected chi connectivity index (χ3v) is 4.38. The third kappa shape index (κ3) is 3.05. The van der Waals surface area contributed by atoms with Crippen LogP contribution in [0.1, 0.15) is 30.5 Å². The Balaban J connectivity index is 1.67. The van der Waals surface area contributed by atoms with Gasteiger partial charge >= 0.3 is 0 Å². The summed E-state index contributed by atoms with van der Waals surface area (Å²) in [6.45, 7) is 4.26. The third-order valence-electron chi connectivity index (χ3n) is 4.38. The SMILES string of the molecule is COc1ccc(CN2CC[C@H](c3ccccc3)[C@@H]2C)nn1. The molecule has 1 aliphatic rings. The summed E-state index contributed by atoms with van der Waals surface area (Å²) in [6.07, 6.45) is 1.20. The van der Waals surface area contributed by atoms with Gasteiger partial charge in [0.25, 0.3) is 0 Å². The van der Waals surface area contributed by atoms with Gasteiger partial charge in [0.1, 0.15) is 0 Å². The van der Waals surface area contributed by atoms with Gasteiger partial charge in [0, 0.05) is 24.6 Å². The van der Waals surface area contributed by atoms with Gasteiger partial charge < -0.3 is 4.74 Å². The van der Waals surface area contributed by atoms with Crippen molar-refractivity contribution in [1.82, 2.24) is 15.1 Å². The lowest BCUT2D eigenvalue weighted by Gasteiger charge is -2.24. The summed E-state index contributed by atoms with van der Waals surface area (Å²) in [6, 6.07) is 15.2. The molecule has 0 saturated carbocycles. The van der Waals surface area contributed by atoms with Crippen LogP contribution < -0.4 is 4.74 Å². The van der Waals surface area contributed by atoms with E-state index in [1.807, 2.05) is 12.1 Å². The van der Waals surface area contributed by atoms with Crippen molar-refractivity contribution in [3.8, 4) is 5.88 Å². The number of benzene rings is 1. The van der Waals surface area contributed by atoms with Crippen molar-refractivity contribution >= 4 is 0 Å². The van der Waals surface area contributed by atoms with Crippen LogP contribution in [0.4, 0.5) is 0 Å². The fourth-order valence-electron chi connectivity index (χ4n) is 3.12. The van der Waals surface area contributed by atoms with Gasteiger partial charge in [-0.25, -0.2) is 0 Å². The van der Waals surface area contributed by atoms with Crippen molar-refractivity contribution in [2.45, 2.75) is 31.8 Å². The minimum atomic E-state index is 0.524. The number of hydrogen-bond acceptors (Lipinski definition) is 4. The number of hydrogen-bond donors (Lipinski definition) is 0. The highest BCUT2D eigenvalue weighted by molar-refractivity contribution is 5.23. The molecule has 4 heteroatoms. The number of aromatic nitrogens is 2. The molecule has 2 heterocycles. The molecule has 1 aromatic carbocycles. The molecule has 0 amide bonds. The number of rotatable bonds is 4. The standard InChI is InChI=1S/C17H21N3O/c1-13-16(14-6-4-3-5-7-14)10-11-20(13)12-15-8-9-17(21-2)19-18-15/h3-9,13,16H,10-12H2,1-2H3/t13-,16-/m0/s1. The van der Waals surface area contributed by atoms with E-state index in [9.17, 15) is 0 Å². The molecule has 1 aromatic heterocycles. The average molecular weight is 283 g/mol. The largest absolute Gasteiger partial charge is 0.480 e. The van der Waals surface area contributed by atoms with Crippen molar-refractivity contribution in [2.75, 3.05) is 13.7 Å². The quantitative estimate of drug-likeness (QED) is 0.865. The van der Waals surface area contributed by atoms with E-state index in [2.05, 4.69) is 52.4 Å². The Hall–Kier alpha value is -1.94. The maximum Gasteiger partial charge on any atom is 0.233 e. The molecule has 21 heavy (non-hydrogen) atoms. The molecule has 1 fully saturated rings. The first kappa shape index (κ1) is 14.0. The summed E-state index contributed by atoms with van der Waals surface area (Å²) in [5.74, 6) is 1.17. The zero-order chi connectivity index (χ0) is 14.7. The fourth-order valence-corrected chi connectivity index (χ4v) is 3.12. The molecule has 1 aliphatic heterocycles. The normalized spacial score (nSPS) is 22.4. The van der Waals surface area contributed by atoms with Gasteiger partial charge in [0.15, 0.2) is 0 Å². The molecular formula is C17H21N3O. The molecule has 0 N–H and O–H groups in total. The Kier molecular flexibility index (Phi) is 4.15. The number of methoxy groups -OCH3 is 1. The molecule has 110 valence electrons. The Bertz CT molecular complexity index is 570. The Labute approximate surface area is 125 Å². The first-order valence-electron chi connectivity index (χ1n) is 7.43. The predicted octanol–water partition coefficient (Wildman–Crippen LogP) is 2.86. The van der Waals surface area contributed by atoms with Crippen LogP contribution in [-0.4, -0.2) is 34.8 Å². The van der Waals surface area contributed by atoms with Crippen LogP contribution >= 0.6 is 0 Å². The maximum atomic E-state index is 5.05. The van der Waals surface area contributed by atoms with Crippen molar-refractivity contribution < 1.29 is 4.74 Å². The number of likely N-dealkylation sites (tertiary alicyclic amines) is 1. The molecule has 2 aromatic rings. The van der Waals surface area contributed by atoms with Gasteiger partial charge in [-0.15, -0.1) is 5.10 Å². The lowest BCUT2D eigenvalue weighted by atomic mass is 9.93. The lowest BCUT2D eigenvalue weighted by Crippen LogP contribution is -2.29. The predicted molar refractivity (Wildman–Crippen MR) is 82.3 cm³/mol. The van der Waals surface area contributed by atoms with E-state index in [1.165, 1.54) is 12.0 Å². The van der Waals surface area contributed by atoms with Gasteiger partial charge in [-0.3, -0.25) is 4.90 Å². The van der Waals surface area contributed by atoms with E-state index in [1.54, 1.807) is 7.11 Å². The van der Waals surface area contributed by atoms with E-state index in [0.717, 1.165) is 18.8 Å². The first-order chi connectivity index (χ1) is 10.3. The lowest BCUT2D eigenvalue weighted by molar-refractivity contribution is 0.247. The monoisotopic (exact) mass is 283 g/mol. The second kappa shape index (κ2) is 6.22. The summed E-state index contributed by atoms with van der Waals surface area (Å²) in [4.78, 5) is 2.48. The van der Waals surface area contributed by atoms with Crippen molar-refractivity contribution in [1.29, 1.82) is 0 Å². The second-order valence-corrected chi connectivity index (χ2v) is 5.58. The highest BCUT2D eigenvalue weighted by Gasteiger charge is 2.31. The molecular weight excluding hydrogens is 262 g/mol. The number of ether oxygens (including phenoxy) is 1. The fraction of sp³-hybridized carbons (Fsp3) is 0.412. The molecule has 2 atom stereocenters. The molecule has 0 radical (unpaired) electrons. The molecule has 0 unspecified atom stereocenters. The van der Waals surface area contributed by atoms with E-state index >= 15 is 0 Å². The average Bonchev–Trinajstić information content (AvgIpc) is 2.90. The second-order valence-electron chi connectivity index (χ2n) is 5.58. The zero-order valence-electron chi connectivity index (χ0n) is 12.6. The maximum absolute atomic E-state index is 5.05. The highest BCUT2D eigenvalue weighted by atomic mass is 16.5. The van der Waals surface area contributed by atoms with Gasteiger partial charge in [0.2, 0.25) is 5.88 Å². The summed E-state index contributed by atoms with van der Waals surface area (Å²) < 4.78 is 5.05. The molecule has 0 spiro atoms. The van der Waals surface area contributed by atoms with E-state index < -0.39 is 0 Å². The van der Waals surface area contributed by atoms with Crippen LogP contribution in [0.15, 0.2) is 42.5 Å². The molecule has 0 bridgehead atoms. The summed E-state index contributed by atoms with van der Waals surface area (Å²) in [5, 5.41) is 8.27. The van der Waals surface area contributed by atoms with Gasteiger partial charge in [0.05, 0.1) is 12.8 Å². The molecule has 0 aliphatic carbocycles. The summed E-state index contributed by atoms with van der Waals surface area (Å²) >= 11 is 0. The molecule has 1 saturated heterocycles.